The van der Waals surface area contributed by atoms with Gasteiger partial charge in [-0.3, -0.25) is 14.5 Å². The predicted molar refractivity (Wildman–Crippen MR) is 70.9 cm³/mol. The Morgan fingerprint density at radius 3 is 2.05 bits per heavy atom. The van der Waals surface area contributed by atoms with Gasteiger partial charge in [0.05, 0.1) is 6.04 Å². The fraction of sp³-hybridized carbons (Fsp3) is 0.833. The molecular formula is C12H24F3N3O2. The number of amides is 2. The first-order chi connectivity index (χ1) is 9.16. The molecular weight excluding hydrogens is 275 g/mol. The molecule has 0 spiro atoms. The zero-order valence-corrected chi connectivity index (χ0v) is 12.4. The van der Waals surface area contributed by atoms with Crippen molar-refractivity contribution in [2.75, 3.05) is 20.6 Å². The van der Waals surface area contributed by atoms with Crippen LogP contribution in [0.4, 0.5) is 13.2 Å². The Labute approximate surface area is 117 Å². The number of primary amides is 1. The number of carbonyl (C=O) groups excluding carboxylic acids is 2. The van der Waals surface area contributed by atoms with Gasteiger partial charge in [-0.05, 0) is 33.4 Å². The summed E-state index contributed by atoms with van der Waals surface area (Å²) in [4.78, 5) is 23.1. The second kappa shape index (κ2) is 10.5. The molecule has 0 saturated carbocycles. The molecule has 0 aromatic rings. The lowest BCUT2D eigenvalue weighted by Gasteiger charge is -2.20. The molecule has 120 valence electrons. The molecule has 0 aromatic carbocycles. The quantitative estimate of drug-likeness (QED) is 0.695. The Morgan fingerprint density at radius 2 is 1.70 bits per heavy atom. The highest BCUT2D eigenvalue weighted by molar-refractivity contribution is 5.81. The van der Waals surface area contributed by atoms with Gasteiger partial charge in [-0.25, -0.2) is 0 Å². The van der Waals surface area contributed by atoms with E-state index in [9.17, 15) is 22.8 Å². The minimum absolute atomic E-state index is 0.0722. The summed E-state index contributed by atoms with van der Waals surface area (Å²) in [5.41, 5.74) is 5.16. The van der Waals surface area contributed by atoms with E-state index in [1.165, 1.54) is 0 Å². The van der Waals surface area contributed by atoms with Crippen molar-refractivity contribution in [1.82, 2.24) is 10.2 Å². The summed E-state index contributed by atoms with van der Waals surface area (Å²) in [6, 6.07) is -0.441. The molecule has 0 fully saturated rings. The molecule has 3 N–H and O–H groups in total. The standard InChI is InChI=1S/C10H18F3N3O2.C2H6/c1-16(2)7(8(14)17)5-3-4-6-15-9(18)10(11,12)13;1-2/h7H,3-6H2,1-2H3,(H2,14,17)(H,15,18);1-2H3. The van der Waals surface area contributed by atoms with E-state index in [0.29, 0.717) is 19.3 Å². The van der Waals surface area contributed by atoms with Gasteiger partial charge in [-0.2, -0.15) is 13.2 Å². The number of halogens is 3. The highest BCUT2D eigenvalue weighted by Gasteiger charge is 2.38. The number of nitrogens with two attached hydrogens (primary N) is 1. The predicted octanol–water partition coefficient (Wildman–Crippen LogP) is 1.28. The smallest absolute Gasteiger partial charge is 0.368 e. The van der Waals surface area contributed by atoms with Crippen molar-refractivity contribution < 1.29 is 22.8 Å². The lowest BCUT2D eigenvalue weighted by Crippen LogP contribution is -2.40. The maximum absolute atomic E-state index is 11.8. The summed E-state index contributed by atoms with van der Waals surface area (Å²) in [6.45, 7) is 3.93. The zero-order chi connectivity index (χ0) is 16.3. The highest BCUT2D eigenvalue weighted by atomic mass is 19.4. The van der Waals surface area contributed by atoms with Crippen molar-refractivity contribution in [1.29, 1.82) is 0 Å². The van der Waals surface area contributed by atoms with Crippen LogP contribution in [0.5, 0.6) is 0 Å². The fourth-order valence-electron chi connectivity index (χ4n) is 1.42. The molecule has 0 aliphatic heterocycles. The Morgan fingerprint density at radius 1 is 1.20 bits per heavy atom. The topological polar surface area (TPSA) is 75.4 Å². The Kier molecular flexibility index (Phi) is 11.0. The van der Waals surface area contributed by atoms with Crippen LogP contribution in [0.25, 0.3) is 0 Å². The van der Waals surface area contributed by atoms with Crippen LogP contribution in [-0.4, -0.2) is 49.6 Å². The van der Waals surface area contributed by atoms with Crippen LogP contribution in [-0.2, 0) is 9.59 Å². The largest absolute Gasteiger partial charge is 0.471 e. The van der Waals surface area contributed by atoms with Gasteiger partial charge in [-0.15, -0.1) is 0 Å². The van der Waals surface area contributed by atoms with E-state index in [1.807, 2.05) is 13.8 Å². The minimum Gasteiger partial charge on any atom is -0.368 e. The van der Waals surface area contributed by atoms with Crippen molar-refractivity contribution in [3.05, 3.63) is 0 Å². The third-order valence-corrected chi connectivity index (χ3v) is 2.40. The van der Waals surface area contributed by atoms with Crippen LogP contribution in [0.15, 0.2) is 0 Å². The first kappa shape index (κ1) is 21.0. The molecule has 8 heteroatoms. The third-order valence-electron chi connectivity index (χ3n) is 2.40. The number of alkyl halides is 3. The SMILES string of the molecule is CC.CN(C)C(CCCCNC(=O)C(F)(F)F)C(N)=O. The number of nitrogens with one attached hydrogen (secondary N) is 1. The maximum Gasteiger partial charge on any atom is 0.471 e. The average Bonchev–Trinajstić information content (AvgIpc) is 2.33. The second-order valence-corrected chi connectivity index (χ2v) is 4.13. The van der Waals surface area contributed by atoms with Gasteiger partial charge in [0.2, 0.25) is 5.91 Å². The molecule has 0 heterocycles. The summed E-state index contributed by atoms with van der Waals surface area (Å²) in [6.07, 6.45) is -3.53. The number of unbranched alkanes of at least 4 members (excludes halogenated alkanes) is 1. The molecule has 20 heavy (non-hydrogen) atoms. The molecule has 1 atom stereocenters. The molecule has 5 nitrogen and oxygen atoms in total. The molecule has 0 aliphatic carbocycles. The molecule has 0 aliphatic rings. The van der Waals surface area contributed by atoms with Gasteiger partial charge in [-0.1, -0.05) is 13.8 Å². The first-order valence-electron chi connectivity index (χ1n) is 6.47. The number of rotatable bonds is 7. The van der Waals surface area contributed by atoms with Crippen molar-refractivity contribution in [2.24, 2.45) is 5.73 Å². The van der Waals surface area contributed by atoms with Crippen LogP contribution < -0.4 is 11.1 Å². The van der Waals surface area contributed by atoms with Crippen LogP contribution in [0.1, 0.15) is 33.1 Å². The van der Waals surface area contributed by atoms with Crippen molar-refractivity contribution in [3.63, 3.8) is 0 Å². The van der Waals surface area contributed by atoms with Gasteiger partial charge in [0.25, 0.3) is 0 Å². The third kappa shape index (κ3) is 9.60. The molecule has 0 bridgehead atoms. The average molecular weight is 299 g/mol. The maximum atomic E-state index is 11.8. The summed E-state index contributed by atoms with van der Waals surface area (Å²) >= 11 is 0. The molecule has 0 radical (unpaired) electrons. The van der Waals surface area contributed by atoms with Crippen molar-refractivity contribution in [3.8, 4) is 0 Å². The molecule has 0 saturated heterocycles. The Hall–Kier alpha value is -1.31. The fourth-order valence-corrected chi connectivity index (χ4v) is 1.42. The van der Waals surface area contributed by atoms with Gasteiger partial charge in [0.15, 0.2) is 0 Å². The van der Waals surface area contributed by atoms with Gasteiger partial charge >= 0.3 is 12.1 Å². The van der Waals surface area contributed by atoms with Gasteiger partial charge in [0.1, 0.15) is 0 Å². The van der Waals surface area contributed by atoms with Crippen LogP contribution in [0, 0.1) is 0 Å². The molecule has 0 aromatic heterocycles. The number of nitrogens with zero attached hydrogens (tertiary/aromatic N) is 1. The highest BCUT2D eigenvalue weighted by Crippen LogP contribution is 2.14. The Balaban J connectivity index is 0. The van der Waals surface area contributed by atoms with Crippen LogP contribution in [0.2, 0.25) is 0 Å². The second-order valence-electron chi connectivity index (χ2n) is 4.13. The number of likely N-dealkylation sites (N-methyl/N-ethyl adjacent to an activating group) is 1. The summed E-state index contributed by atoms with van der Waals surface area (Å²) in [7, 11) is 3.39. The van der Waals surface area contributed by atoms with Crippen molar-refractivity contribution in [2.45, 2.75) is 45.3 Å². The summed E-state index contributed by atoms with van der Waals surface area (Å²) in [5, 5.41) is 1.76. The summed E-state index contributed by atoms with van der Waals surface area (Å²) in [5.74, 6) is -2.42. The summed E-state index contributed by atoms with van der Waals surface area (Å²) < 4.78 is 35.5. The van der Waals surface area contributed by atoms with Crippen LogP contribution in [0.3, 0.4) is 0 Å². The van der Waals surface area contributed by atoms with E-state index < -0.39 is 24.0 Å². The first-order valence-corrected chi connectivity index (χ1v) is 6.47. The van der Waals surface area contributed by atoms with Gasteiger partial charge < -0.3 is 11.1 Å². The Bertz CT molecular complexity index is 294. The van der Waals surface area contributed by atoms with E-state index >= 15 is 0 Å². The monoisotopic (exact) mass is 299 g/mol. The minimum atomic E-state index is -4.85. The lowest BCUT2D eigenvalue weighted by molar-refractivity contribution is -0.173. The van der Waals surface area contributed by atoms with Crippen LogP contribution >= 0.6 is 0 Å². The van der Waals surface area contributed by atoms with E-state index in [4.69, 9.17) is 5.73 Å². The molecule has 2 amide bonds. The number of hydrogen-bond acceptors (Lipinski definition) is 3. The molecule has 1 unspecified atom stereocenters. The van der Waals surface area contributed by atoms with E-state index in [-0.39, 0.29) is 6.54 Å². The number of hydrogen-bond donors (Lipinski definition) is 2. The molecule has 0 rings (SSSR count). The number of carbonyl (C=O) groups is 2. The normalized spacial score (nSPS) is 12.4. The van der Waals surface area contributed by atoms with E-state index in [1.54, 1.807) is 24.3 Å². The zero-order valence-electron chi connectivity index (χ0n) is 12.4. The van der Waals surface area contributed by atoms with Crippen molar-refractivity contribution >= 4 is 11.8 Å². The lowest BCUT2D eigenvalue weighted by atomic mass is 10.1. The van der Waals surface area contributed by atoms with Gasteiger partial charge in [0, 0.05) is 6.54 Å². The van der Waals surface area contributed by atoms with E-state index in [0.717, 1.165) is 0 Å². The van der Waals surface area contributed by atoms with E-state index in [2.05, 4.69) is 0 Å².